The lowest BCUT2D eigenvalue weighted by Crippen LogP contribution is -2.56. The monoisotopic (exact) mass is 563 g/mol. The maximum absolute atomic E-state index is 13.4. The van der Waals surface area contributed by atoms with Gasteiger partial charge in [0.2, 0.25) is 0 Å². The first-order chi connectivity index (χ1) is 18.0. The molecule has 2 aromatic carbocycles. The molecule has 3 heterocycles. The number of carbonyl (C=O) groups is 1. The number of halogens is 1. The van der Waals surface area contributed by atoms with Crippen molar-refractivity contribution in [3.8, 4) is 0 Å². The molecule has 0 unspecified atom stereocenters. The lowest BCUT2D eigenvalue weighted by Gasteiger charge is -2.49. The Kier molecular flexibility index (Phi) is 7.86. The number of nitrogens with zero attached hydrogens (tertiary/aromatic N) is 5. The Labute approximate surface area is 227 Å². The molecule has 37 heavy (non-hydrogen) atoms. The Morgan fingerprint density at radius 3 is 2.49 bits per heavy atom. The Bertz CT molecular complexity index is 1260. The van der Waals surface area contributed by atoms with Crippen molar-refractivity contribution in [3.05, 3.63) is 70.3 Å². The van der Waals surface area contributed by atoms with E-state index in [0.29, 0.717) is 18.1 Å². The van der Waals surface area contributed by atoms with Gasteiger partial charge in [-0.1, -0.05) is 51.4 Å². The molecule has 0 spiro atoms. The molecule has 2 aliphatic heterocycles. The Balaban J connectivity index is 1.21. The summed E-state index contributed by atoms with van der Waals surface area (Å²) in [4.78, 5) is 23.5. The summed E-state index contributed by atoms with van der Waals surface area (Å²) in [7, 11) is 0. The molecule has 7 nitrogen and oxygen atoms in total. The van der Waals surface area contributed by atoms with Crippen LogP contribution in [0, 0.1) is 5.92 Å². The van der Waals surface area contributed by atoms with E-state index in [1.807, 2.05) is 36.1 Å². The summed E-state index contributed by atoms with van der Waals surface area (Å²) in [5.41, 5.74) is 3.68. The van der Waals surface area contributed by atoms with Gasteiger partial charge in [-0.2, -0.15) is 10.2 Å². The van der Waals surface area contributed by atoms with Crippen LogP contribution in [-0.2, 0) is 4.84 Å². The van der Waals surface area contributed by atoms with Crippen LogP contribution in [0.5, 0.6) is 0 Å². The molecule has 194 valence electrons. The average molecular weight is 565 g/mol. The molecule has 0 atom stereocenters. The van der Waals surface area contributed by atoms with Gasteiger partial charge in [0.15, 0.2) is 0 Å². The topological polar surface area (TPSA) is 70.9 Å². The van der Waals surface area contributed by atoms with E-state index in [1.54, 1.807) is 6.20 Å². The van der Waals surface area contributed by atoms with Crippen molar-refractivity contribution < 1.29 is 9.63 Å². The van der Waals surface area contributed by atoms with Gasteiger partial charge >= 0.3 is 0 Å². The Morgan fingerprint density at radius 2 is 1.78 bits per heavy atom. The molecule has 1 aromatic heterocycles. The smallest absolute Gasteiger partial charge is 0.256 e. The number of oxime groups is 1. The second kappa shape index (κ2) is 11.3. The fraction of sp³-hybridized carbons (Fsp3) is 0.448. The van der Waals surface area contributed by atoms with Crippen molar-refractivity contribution in [1.82, 2.24) is 20.0 Å². The highest BCUT2D eigenvalue weighted by Crippen LogP contribution is 2.34. The molecule has 0 radical (unpaired) electrons. The van der Waals surface area contributed by atoms with Crippen molar-refractivity contribution in [3.63, 3.8) is 0 Å². The predicted molar refractivity (Wildman–Crippen MR) is 150 cm³/mol. The van der Waals surface area contributed by atoms with Crippen LogP contribution >= 0.6 is 15.9 Å². The van der Waals surface area contributed by atoms with Gasteiger partial charge in [0.05, 0.1) is 23.0 Å². The normalized spacial score (nSPS) is 19.2. The predicted octanol–water partition coefficient (Wildman–Crippen LogP) is 5.54. The van der Waals surface area contributed by atoms with Crippen LogP contribution in [0.4, 0.5) is 0 Å². The third-order valence-electron chi connectivity index (χ3n) is 7.98. The Hall–Kier alpha value is -2.84. The first kappa shape index (κ1) is 25.8. The number of hydrogen-bond donors (Lipinski definition) is 0. The minimum absolute atomic E-state index is 0.0538. The third kappa shape index (κ3) is 5.55. The zero-order chi connectivity index (χ0) is 25.8. The summed E-state index contributed by atoms with van der Waals surface area (Å²) in [5.74, 6) is 0.430. The molecule has 3 aromatic rings. The van der Waals surface area contributed by atoms with Crippen LogP contribution in [0.25, 0.3) is 10.9 Å². The van der Waals surface area contributed by atoms with E-state index in [2.05, 4.69) is 67.4 Å². The number of benzene rings is 2. The molecular formula is C29H34BrN5O2. The first-order valence-corrected chi connectivity index (χ1v) is 14.0. The first-order valence-electron chi connectivity index (χ1n) is 13.2. The maximum atomic E-state index is 13.4. The molecule has 0 bridgehead atoms. The fourth-order valence-corrected chi connectivity index (χ4v) is 5.93. The molecule has 2 fully saturated rings. The lowest BCUT2D eigenvalue weighted by molar-refractivity contribution is 0.0162. The third-order valence-corrected chi connectivity index (χ3v) is 8.51. The average Bonchev–Trinajstić information content (AvgIpc) is 2.94. The highest BCUT2D eigenvalue weighted by molar-refractivity contribution is 9.10. The van der Waals surface area contributed by atoms with E-state index in [4.69, 9.17) is 4.84 Å². The zero-order valence-electron chi connectivity index (χ0n) is 21.6. The van der Waals surface area contributed by atoms with Gasteiger partial charge in [-0.3, -0.25) is 9.69 Å². The van der Waals surface area contributed by atoms with E-state index in [0.717, 1.165) is 78.5 Å². The molecule has 8 heteroatoms. The minimum Gasteiger partial charge on any atom is -0.396 e. The number of likely N-dealkylation sites (tertiary alicyclic amines) is 2. The fourth-order valence-electron chi connectivity index (χ4n) is 5.67. The molecule has 0 N–H and O–H groups in total. The van der Waals surface area contributed by atoms with Crippen LogP contribution in [0.2, 0.25) is 0 Å². The summed E-state index contributed by atoms with van der Waals surface area (Å²) < 4.78 is 1.06. The van der Waals surface area contributed by atoms with Gasteiger partial charge < -0.3 is 9.74 Å². The number of amides is 1. The highest BCUT2D eigenvalue weighted by atomic mass is 79.9. The molecular weight excluding hydrogens is 530 g/mol. The van der Waals surface area contributed by atoms with Gasteiger partial charge in [0.1, 0.15) is 6.61 Å². The van der Waals surface area contributed by atoms with Crippen LogP contribution in [0.15, 0.2) is 64.4 Å². The van der Waals surface area contributed by atoms with E-state index in [1.165, 1.54) is 0 Å². The number of fused-ring (bicyclic) bond motifs is 1. The lowest BCUT2D eigenvalue weighted by atomic mass is 9.82. The zero-order valence-corrected chi connectivity index (χ0v) is 23.2. The summed E-state index contributed by atoms with van der Waals surface area (Å²) in [6, 6.07) is 16.1. The number of rotatable bonds is 6. The van der Waals surface area contributed by atoms with Gasteiger partial charge in [0, 0.05) is 34.4 Å². The van der Waals surface area contributed by atoms with Crippen molar-refractivity contribution in [2.45, 2.75) is 45.1 Å². The van der Waals surface area contributed by atoms with E-state index in [-0.39, 0.29) is 11.4 Å². The highest BCUT2D eigenvalue weighted by Gasteiger charge is 2.39. The Morgan fingerprint density at radius 1 is 1.08 bits per heavy atom. The molecule has 0 aliphatic carbocycles. The summed E-state index contributed by atoms with van der Waals surface area (Å²) >= 11 is 3.53. The minimum atomic E-state index is 0.0538. The van der Waals surface area contributed by atoms with E-state index >= 15 is 0 Å². The number of carbonyl (C=O) groups excluding carboxylic acids is 1. The summed E-state index contributed by atoms with van der Waals surface area (Å²) in [6.07, 6.45) is 5.64. The standard InChI is InChI=1S/C29H34BrN5O2/c1-3-37-33-27(21-8-10-23(30)11-9-21)22-12-16-35(17-13-22)29(2)14-18-34(19-15-29)28(36)25-20-31-32-26-7-5-4-6-24(25)26/h4-11,20,22H,3,12-19H2,1-2H3/b33-27+. The number of aromatic nitrogens is 2. The SMILES string of the molecule is CCO/N=C(\c1ccc(Br)cc1)C1CCN(C2(C)CCN(C(=O)c3cnnc4ccccc34)CC2)CC1. The molecule has 0 saturated carbocycles. The van der Waals surface area contributed by atoms with Crippen molar-refractivity contribution in [2.24, 2.45) is 11.1 Å². The quantitative estimate of drug-likeness (QED) is 0.291. The van der Waals surface area contributed by atoms with Crippen LogP contribution in [-0.4, -0.2) is 69.9 Å². The summed E-state index contributed by atoms with van der Waals surface area (Å²) in [6.45, 7) is 8.45. The van der Waals surface area contributed by atoms with Crippen molar-refractivity contribution >= 4 is 38.5 Å². The van der Waals surface area contributed by atoms with E-state index < -0.39 is 0 Å². The summed E-state index contributed by atoms with van der Waals surface area (Å²) in [5, 5.41) is 13.6. The van der Waals surface area contributed by atoms with Gasteiger partial charge in [-0.05, 0) is 76.4 Å². The van der Waals surface area contributed by atoms with Crippen LogP contribution in [0.3, 0.4) is 0 Å². The van der Waals surface area contributed by atoms with Crippen LogP contribution < -0.4 is 0 Å². The van der Waals surface area contributed by atoms with E-state index in [9.17, 15) is 4.79 Å². The second-order valence-corrected chi connectivity index (χ2v) is 11.1. The van der Waals surface area contributed by atoms with Crippen molar-refractivity contribution in [1.29, 1.82) is 0 Å². The molecule has 2 aliphatic rings. The molecule has 1 amide bonds. The maximum Gasteiger partial charge on any atom is 0.256 e. The van der Waals surface area contributed by atoms with Gasteiger partial charge in [-0.25, -0.2) is 0 Å². The molecule has 5 rings (SSSR count). The second-order valence-electron chi connectivity index (χ2n) is 10.2. The largest absolute Gasteiger partial charge is 0.396 e. The van der Waals surface area contributed by atoms with Gasteiger partial charge in [-0.15, -0.1) is 0 Å². The molecule has 2 saturated heterocycles. The van der Waals surface area contributed by atoms with Gasteiger partial charge in [0.25, 0.3) is 5.91 Å². The number of hydrogen-bond acceptors (Lipinski definition) is 6. The van der Waals surface area contributed by atoms with Crippen LogP contribution in [0.1, 0.15) is 55.5 Å². The van der Waals surface area contributed by atoms with Crippen molar-refractivity contribution in [2.75, 3.05) is 32.8 Å². The number of piperidine rings is 2.